The summed E-state index contributed by atoms with van der Waals surface area (Å²) in [5.74, 6) is 1.35. The van der Waals surface area contributed by atoms with Gasteiger partial charge in [0.2, 0.25) is 0 Å². The molecule has 6 nitrogen and oxygen atoms in total. The van der Waals surface area contributed by atoms with Gasteiger partial charge in [-0.25, -0.2) is 19.9 Å². The smallest absolute Gasteiger partial charge is 0.160 e. The van der Waals surface area contributed by atoms with Crippen molar-refractivity contribution in [2.75, 3.05) is 0 Å². The van der Waals surface area contributed by atoms with Crippen LogP contribution >= 0.6 is 0 Å². The van der Waals surface area contributed by atoms with Crippen molar-refractivity contribution in [3.8, 4) is 90.1 Å². The molecule has 18 rings (SSSR count). The van der Waals surface area contributed by atoms with Gasteiger partial charge in [-0.15, -0.1) is 0 Å². The maximum atomic E-state index is 6.25. The summed E-state index contributed by atoms with van der Waals surface area (Å²) in [5, 5.41) is 4.38. The van der Waals surface area contributed by atoms with Crippen LogP contribution in [0.1, 0.15) is 45.2 Å². The third-order valence-corrected chi connectivity index (χ3v) is 16.9. The summed E-state index contributed by atoms with van der Waals surface area (Å²) in [7, 11) is 0. The van der Waals surface area contributed by atoms with Crippen molar-refractivity contribution in [3.63, 3.8) is 0 Å². The van der Waals surface area contributed by atoms with Gasteiger partial charge in [0.25, 0.3) is 0 Å². The van der Waals surface area contributed by atoms with E-state index in [0.29, 0.717) is 11.6 Å². The monoisotopic (exact) mass is 1050 g/mol. The highest BCUT2D eigenvalue weighted by atomic mass is 16.3. The van der Waals surface area contributed by atoms with Crippen LogP contribution < -0.4 is 0 Å². The van der Waals surface area contributed by atoms with Crippen molar-refractivity contribution in [2.24, 2.45) is 0 Å². The summed E-state index contributed by atoms with van der Waals surface area (Å²) in [6.07, 6.45) is 0. The maximum Gasteiger partial charge on any atom is 0.160 e. The Morgan fingerprint density at radius 1 is 0.220 bits per heavy atom. The highest BCUT2D eigenvalue weighted by molar-refractivity contribution is 6.08. The summed E-state index contributed by atoms with van der Waals surface area (Å²) in [5.41, 5.74) is 25.2. The molecular formula is C76H46N4O2. The Kier molecular flexibility index (Phi) is 10.3. The second kappa shape index (κ2) is 18.4. The molecule has 6 heteroatoms. The van der Waals surface area contributed by atoms with Crippen molar-refractivity contribution in [1.82, 2.24) is 19.9 Å². The second-order valence-corrected chi connectivity index (χ2v) is 21.5. The third kappa shape index (κ3) is 7.42. The predicted molar refractivity (Wildman–Crippen MR) is 330 cm³/mol. The fraction of sp³-hybridized carbons (Fsp3) is 0.0263. The quantitative estimate of drug-likeness (QED) is 0.151. The molecule has 382 valence electrons. The van der Waals surface area contributed by atoms with Crippen molar-refractivity contribution < 1.29 is 8.83 Å². The summed E-state index contributed by atoms with van der Waals surface area (Å²) >= 11 is 0. The largest absolute Gasteiger partial charge is 0.456 e. The van der Waals surface area contributed by atoms with E-state index in [1.807, 2.05) is 36.4 Å². The number of furan rings is 2. The highest BCUT2D eigenvalue weighted by Gasteiger charge is 2.41. The fourth-order valence-corrected chi connectivity index (χ4v) is 13.1. The Bertz CT molecular complexity index is 4760. The average Bonchev–Trinajstić information content (AvgIpc) is 2.46. The summed E-state index contributed by atoms with van der Waals surface area (Å²) in [6, 6.07) is 94.6. The van der Waals surface area contributed by atoms with E-state index in [1.165, 1.54) is 33.4 Å². The van der Waals surface area contributed by atoms with Gasteiger partial charge >= 0.3 is 0 Å². The molecule has 3 aliphatic rings. The average molecular weight is 1050 g/mol. The standard InChI is InChI=1S/C76H46N4O2/c1-3-17-45(18-4-1)65-43-67(53-23-9-7-21-51(53)47-33-37-71-61(39-47)55-25-13-15-29-69(55)81-71)79-75(77-65)49-31-35-59-63(41-49)73-57-27-11-12-28-58(57)74(59)64-42-50(32-36-60(64)73)76-78-66(46-19-5-2-6-20-46)44-68(80-76)54-24-10-8-22-52(54)48-34-38-72-62(40-48)56-26-14-16-30-70(56)82-72/h1-44,73-74H. The molecule has 2 unspecified atom stereocenters. The van der Waals surface area contributed by atoms with Gasteiger partial charge in [-0.1, -0.05) is 206 Å². The lowest BCUT2D eigenvalue weighted by Gasteiger charge is -2.42. The van der Waals surface area contributed by atoms with Gasteiger partial charge in [-0.05, 0) is 116 Å². The van der Waals surface area contributed by atoms with E-state index in [2.05, 4.69) is 231 Å². The lowest BCUT2D eigenvalue weighted by Crippen LogP contribution is -2.27. The Labute approximate surface area is 472 Å². The van der Waals surface area contributed by atoms with E-state index in [9.17, 15) is 0 Å². The molecule has 0 radical (unpaired) electrons. The first kappa shape index (κ1) is 46.1. The molecule has 0 aliphatic heterocycles. The van der Waals surface area contributed by atoms with Crippen LogP contribution in [0.5, 0.6) is 0 Å². The topological polar surface area (TPSA) is 77.8 Å². The Balaban J connectivity index is 0.781. The number of hydrogen-bond donors (Lipinski definition) is 0. The van der Waals surface area contributed by atoms with Gasteiger partial charge in [0.1, 0.15) is 22.3 Å². The molecule has 15 aromatic rings. The van der Waals surface area contributed by atoms with E-state index in [4.69, 9.17) is 28.8 Å². The first-order valence-corrected chi connectivity index (χ1v) is 27.9. The SMILES string of the molecule is c1ccc(-c2cc(-c3ccccc3-c3ccc4oc5ccccc5c4c3)nc(-c3ccc4c(c3)C3c5ccccc5C4c4cc(-c5nc(-c6ccccc6)cc(-c6ccccc6-c6ccc7oc8ccccc8c7c6)n5)ccc43)n2)cc1. The van der Waals surface area contributed by atoms with E-state index in [-0.39, 0.29) is 11.8 Å². The van der Waals surface area contributed by atoms with E-state index in [1.54, 1.807) is 0 Å². The van der Waals surface area contributed by atoms with Crippen molar-refractivity contribution in [1.29, 1.82) is 0 Å². The van der Waals surface area contributed by atoms with Crippen molar-refractivity contribution in [2.45, 2.75) is 11.8 Å². The summed E-state index contributed by atoms with van der Waals surface area (Å²) in [4.78, 5) is 21.7. The van der Waals surface area contributed by atoms with Gasteiger partial charge < -0.3 is 8.83 Å². The van der Waals surface area contributed by atoms with Crippen LogP contribution in [-0.4, -0.2) is 19.9 Å². The Morgan fingerprint density at radius 2 is 0.573 bits per heavy atom. The molecule has 82 heavy (non-hydrogen) atoms. The predicted octanol–water partition coefficient (Wildman–Crippen LogP) is 19.4. The van der Waals surface area contributed by atoms with Crippen LogP contribution in [-0.2, 0) is 0 Å². The normalized spacial score (nSPS) is 14.1. The number of para-hydroxylation sites is 2. The van der Waals surface area contributed by atoms with Crippen molar-refractivity contribution >= 4 is 43.9 Å². The molecule has 0 fully saturated rings. The third-order valence-electron chi connectivity index (χ3n) is 16.9. The molecule has 4 heterocycles. The van der Waals surface area contributed by atoms with Crippen LogP contribution in [0.3, 0.4) is 0 Å². The second-order valence-electron chi connectivity index (χ2n) is 21.5. The number of rotatable bonds is 8. The van der Waals surface area contributed by atoms with Crippen LogP contribution in [0, 0.1) is 0 Å². The fourth-order valence-electron chi connectivity index (χ4n) is 13.1. The zero-order chi connectivity index (χ0) is 53.8. The zero-order valence-electron chi connectivity index (χ0n) is 44.2. The minimum absolute atomic E-state index is 0.00434. The van der Waals surface area contributed by atoms with E-state index in [0.717, 1.165) is 122 Å². The Morgan fingerprint density at radius 3 is 1.04 bits per heavy atom. The van der Waals surface area contributed by atoms with Gasteiger partial charge in [-0.2, -0.15) is 0 Å². The number of nitrogens with zero attached hydrogens (tertiary/aromatic N) is 4. The van der Waals surface area contributed by atoms with E-state index < -0.39 is 0 Å². The van der Waals surface area contributed by atoms with Crippen LogP contribution in [0.15, 0.2) is 276 Å². The van der Waals surface area contributed by atoms with Crippen molar-refractivity contribution in [3.05, 3.63) is 300 Å². The molecular weight excluding hydrogens is 1000 g/mol. The first-order valence-electron chi connectivity index (χ1n) is 27.9. The van der Waals surface area contributed by atoms with Crippen LogP contribution in [0.25, 0.3) is 134 Å². The number of fused-ring (bicyclic) bond motifs is 6. The zero-order valence-corrected chi connectivity index (χ0v) is 44.2. The minimum Gasteiger partial charge on any atom is -0.456 e. The van der Waals surface area contributed by atoms with Crippen LogP contribution in [0.2, 0.25) is 0 Å². The van der Waals surface area contributed by atoms with E-state index >= 15 is 0 Å². The first-order chi connectivity index (χ1) is 40.6. The van der Waals surface area contributed by atoms with Gasteiger partial charge in [-0.3, -0.25) is 0 Å². The molecule has 0 saturated carbocycles. The molecule has 0 saturated heterocycles. The lowest BCUT2D eigenvalue weighted by atomic mass is 9.61. The molecule has 2 atom stereocenters. The minimum atomic E-state index is -0.00434. The van der Waals surface area contributed by atoms with Crippen LogP contribution in [0.4, 0.5) is 0 Å². The molecule has 0 N–H and O–H groups in total. The molecule has 4 aromatic heterocycles. The Hall–Kier alpha value is -10.8. The summed E-state index contributed by atoms with van der Waals surface area (Å²) in [6.45, 7) is 0. The number of benzene rings is 11. The maximum absolute atomic E-state index is 6.25. The molecule has 3 aliphatic carbocycles. The molecule has 11 aromatic carbocycles. The molecule has 0 amide bonds. The number of hydrogen-bond acceptors (Lipinski definition) is 6. The molecule has 0 spiro atoms. The lowest BCUT2D eigenvalue weighted by molar-refractivity contribution is 0.668. The highest BCUT2D eigenvalue weighted by Crippen LogP contribution is 2.57. The number of aromatic nitrogens is 4. The van der Waals surface area contributed by atoms with Gasteiger partial charge in [0, 0.05) is 66.8 Å². The van der Waals surface area contributed by atoms with Gasteiger partial charge in [0.05, 0.1) is 22.8 Å². The molecule has 2 bridgehead atoms. The van der Waals surface area contributed by atoms with Gasteiger partial charge in [0.15, 0.2) is 11.6 Å². The summed E-state index contributed by atoms with van der Waals surface area (Å²) < 4.78 is 12.5.